The van der Waals surface area contributed by atoms with Gasteiger partial charge in [-0.2, -0.15) is 0 Å². The van der Waals surface area contributed by atoms with Gasteiger partial charge in [0.2, 0.25) is 0 Å². The molecule has 1 heterocycles. The summed E-state index contributed by atoms with van der Waals surface area (Å²) in [5.41, 5.74) is 8.92. The number of hydrazine groups is 2. The maximum Gasteiger partial charge on any atom is 0.271 e. The molecule has 9 nitrogen and oxygen atoms in total. The molecular weight excluding hydrogens is 364 g/mol. The van der Waals surface area contributed by atoms with Gasteiger partial charge in [0.25, 0.3) is 5.91 Å². The minimum absolute atomic E-state index is 0.00400. The molecule has 1 fully saturated rings. The Hall–Kier alpha value is -3.01. The highest BCUT2D eigenvalue weighted by atomic mass is 16.5. The van der Waals surface area contributed by atoms with Crippen molar-refractivity contribution in [1.29, 1.82) is 0 Å². The van der Waals surface area contributed by atoms with Crippen molar-refractivity contribution in [2.45, 2.75) is 25.1 Å². The fourth-order valence-electron chi connectivity index (χ4n) is 2.98. The Morgan fingerprint density at radius 1 is 1.14 bits per heavy atom. The number of benzene rings is 2. The summed E-state index contributed by atoms with van der Waals surface area (Å²) < 4.78 is 16.6. The highest BCUT2D eigenvalue weighted by molar-refractivity contribution is 5.76. The highest BCUT2D eigenvalue weighted by Gasteiger charge is 2.37. The summed E-state index contributed by atoms with van der Waals surface area (Å²) in [5, 5.41) is 10.5. The van der Waals surface area contributed by atoms with Crippen LogP contribution in [0.15, 0.2) is 42.5 Å². The van der Waals surface area contributed by atoms with Crippen LogP contribution in [0.25, 0.3) is 0 Å². The van der Waals surface area contributed by atoms with Crippen molar-refractivity contribution in [2.24, 2.45) is 5.84 Å². The third-order valence-corrected chi connectivity index (χ3v) is 4.49. The van der Waals surface area contributed by atoms with E-state index in [9.17, 15) is 9.90 Å². The van der Waals surface area contributed by atoms with Crippen LogP contribution in [0.1, 0.15) is 18.5 Å². The number of hydrogen-bond acceptors (Lipinski definition) is 8. The second kappa shape index (κ2) is 8.79. The first-order valence-corrected chi connectivity index (χ1v) is 8.78. The van der Waals surface area contributed by atoms with Crippen LogP contribution >= 0.6 is 0 Å². The lowest BCUT2D eigenvalue weighted by atomic mass is 9.98. The average Bonchev–Trinajstić information content (AvgIpc) is 3.07. The van der Waals surface area contributed by atoms with Crippen LogP contribution < -0.4 is 36.3 Å². The predicted molar refractivity (Wildman–Crippen MR) is 102 cm³/mol. The van der Waals surface area contributed by atoms with Gasteiger partial charge in [-0.05, 0) is 43.3 Å². The highest BCUT2D eigenvalue weighted by Crippen LogP contribution is 2.34. The van der Waals surface area contributed by atoms with Gasteiger partial charge in [-0.25, -0.2) is 11.3 Å². The van der Waals surface area contributed by atoms with Crippen LogP contribution in [0.5, 0.6) is 23.0 Å². The monoisotopic (exact) mass is 388 g/mol. The molecule has 1 aliphatic heterocycles. The summed E-state index contributed by atoms with van der Waals surface area (Å²) in [4.78, 5) is 11.2. The van der Waals surface area contributed by atoms with Crippen LogP contribution in [0.4, 0.5) is 0 Å². The Bertz CT molecular complexity index is 814. The van der Waals surface area contributed by atoms with Crippen molar-refractivity contribution in [3.05, 3.63) is 48.0 Å². The molecule has 9 heteroatoms. The largest absolute Gasteiger partial charge is 0.507 e. The van der Waals surface area contributed by atoms with Crippen LogP contribution in [-0.2, 0) is 4.79 Å². The third-order valence-electron chi connectivity index (χ3n) is 4.49. The maximum absolute atomic E-state index is 11.2. The Balaban J connectivity index is 1.74. The van der Waals surface area contributed by atoms with Gasteiger partial charge in [0, 0.05) is 11.6 Å². The first kappa shape index (κ1) is 19.7. The van der Waals surface area contributed by atoms with Crippen molar-refractivity contribution in [3.63, 3.8) is 0 Å². The number of carbonyl (C=O) groups excluding carboxylic acids is 1. The first-order valence-electron chi connectivity index (χ1n) is 8.78. The number of rotatable bonds is 7. The molecule has 2 aromatic carbocycles. The lowest BCUT2D eigenvalue weighted by Crippen LogP contribution is -2.34. The molecule has 150 valence electrons. The molecule has 3 unspecified atom stereocenters. The Morgan fingerprint density at radius 2 is 1.82 bits per heavy atom. The molecule has 28 heavy (non-hydrogen) atoms. The summed E-state index contributed by atoms with van der Waals surface area (Å²) in [6.45, 7) is 1.75. The van der Waals surface area contributed by atoms with E-state index < -0.39 is 5.91 Å². The van der Waals surface area contributed by atoms with E-state index in [1.807, 2.05) is 36.6 Å². The lowest BCUT2D eigenvalue weighted by Gasteiger charge is -2.24. The topological polar surface area (TPSA) is 127 Å². The zero-order chi connectivity index (χ0) is 20.1. The average molecular weight is 388 g/mol. The lowest BCUT2D eigenvalue weighted by molar-refractivity contribution is -0.123. The summed E-state index contributed by atoms with van der Waals surface area (Å²) in [6, 6.07) is 11.9. The quantitative estimate of drug-likeness (QED) is 0.267. The molecule has 0 spiro atoms. The van der Waals surface area contributed by atoms with Gasteiger partial charge >= 0.3 is 0 Å². The number of hydrogen-bond donors (Lipinski definition) is 5. The van der Waals surface area contributed by atoms with E-state index in [-0.39, 0.29) is 30.5 Å². The van der Waals surface area contributed by atoms with Gasteiger partial charge in [-0.15, -0.1) is 0 Å². The van der Waals surface area contributed by atoms with Crippen molar-refractivity contribution in [2.75, 3.05) is 13.7 Å². The predicted octanol–water partition coefficient (Wildman–Crippen LogP) is 0.754. The van der Waals surface area contributed by atoms with E-state index >= 15 is 0 Å². The SMILES string of the molecule is COc1ccc(OC2C(C)NNC2c2ccc(OCC(=O)NN)cc2O)cc1. The summed E-state index contributed by atoms with van der Waals surface area (Å²) in [6.07, 6.45) is -0.269. The molecule has 1 amide bonds. The van der Waals surface area contributed by atoms with Crippen LogP contribution in [0.2, 0.25) is 0 Å². The molecule has 0 aromatic heterocycles. The molecule has 1 saturated heterocycles. The Morgan fingerprint density at radius 3 is 2.46 bits per heavy atom. The van der Waals surface area contributed by atoms with Gasteiger partial charge in [0.05, 0.1) is 19.2 Å². The fraction of sp³-hybridized carbons (Fsp3) is 0.316. The fourth-order valence-corrected chi connectivity index (χ4v) is 2.98. The number of nitrogens with two attached hydrogens (primary N) is 1. The van der Waals surface area contributed by atoms with E-state index in [1.54, 1.807) is 19.2 Å². The molecule has 0 bridgehead atoms. The number of aromatic hydroxyl groups is 1. The van der Waals surface area contributed by atoms with Crippen LogP contribution in [-0.4, -0.2) is 36.9 Å². The molecular formula is C19H24N4O5. The number of ether oxygens (including phenoxy) is 3. The Labute approximate surface area is 162 Å². The van der Waals surface area contributed by atoms with Gasteiger partial charge in [-0.1, -0.05) is 0 Å². The second-order valence-electron chi connectivity index (χ2n) is 6.39. The molecule has 0 radical (unpaired) electrons. The van der Waals surface area contributed by atoms with Crippen LogP contribution in [0.3, 0.4) is 0 Å². The van der Waals surface area contributed by atoms with Gasteiger partial charge < -0.3 is 19.3 Å². The first-order chi connectivity index (χ1) is 13.5. The minimum atomic E-state index is -0.466. The Kier molecular flexibility index (Phi) is 6.19. The van der Waals surface area contributed by atoms with E-state index in [1.165, 1.54) is 6.07 Å². The van der Waals surface area contributed by atoms with E-state index in [4.69, 9.17) is 20.1 Å². The number of methoxy groups -OCH3 is 1. The molecule has 3 atom stereocenters. The zero-order valence-electron chi connectivity index (χ0n) is 15.6. The summed E-state index contributed by atoms with van der Waals surface area (Å²) in [5.74, 6) is 6.38. The maximum atomic E-state index is 11.2. The normalized spacial score (nSPS) is 21.2. The molecule has 2 aromatic rings. The number of amides is 1. The van der Waals surface area contributed by atoms with Gasteiger partial charge in [0.15, 0.2) is 6.61 Å². The number of carbonyl (C=O) groups is 1. The number of phenols is 1. The van der Waals surface area contributed by atoms with Crippen molar-refractivity contribution >= 4 is 5.91 Å². The van der Waals surface area contributed by atoms with E-state index in [0.717, 1.165) is 5.75 Å². The molecule has 6 N–H and O–H groups in total. The summed E-state index contributed by atoms with van der Waals surface area (Å²) >= 11 is 0. The second-order valence-corrected chi connectivity index (χ2v) is 6.39. The van der Waals surface area contributed by atoms with Gasteiger partial charge in [-0.3, -0.25) is 15.6 Å². The smallest absolute Gasteiger partial charge is 0.271 e. The van der Waals surface area contributed by atoms with Crippen molar-refractivity contribution in [1.82, 2.24) is 16.3 Å². The molecule has 0 aliphatic carbocycles. The van der Waals surface area contributed by atoms with E-state index in [2.05, 4.69) is 10.9 Å². The van der Waals surface area contributed by atoms with Crippen LogP contribution in [0, 0.1) is 0 Å². The third kappa shape index (κ3) is 4.45. The van der Waals surface area contributed by atoms with E-state index in [0.29, 0.717) is 17.1 Å². The molecule has 3 rings (SSSR count). The standard InChI is InChI=1S/C19H24N4O5/c1-11-19(28-13-5-3-12(26-2)4-6-13)18(23-22-11)15-8-7-14(9-16(15)24)27-10-17(25)21-20/h3-9,11,18-19,22-24H,10,20H2,1-2H3,(H,21,25). The summed E-state index contributed by atoms with van der Waals surface area (Å²) in [7, 11) is 1.61. The number of nitrogens with one attached hydrogen (secondary N) is 3. The van der Waals surface area contributed by atoms with Crippen molar-refractivity contribution in [3.8, 4) is 23.0 Å². The van der Waals surface area contributed by atoms with Gasteiger partial charge in [0.1, 0.15) is 29.1 Å². The number of phenolic OH excluding ortho intramolecular Hbond substituents is 1. The minimum Gasteiger partial charge on any atom is -0.507 e. The molecule has 0 saturated carbocycles. The molecule has 1 aliphatic rings. The zero-order valence-corrected chi connectivity index (χ0v) is 15.6. The van der Waals surface area contributed by atoms with Crippen molar-refractivity contribution < 1.29 is 24.1 Å².